The molecule has 0 aliphatic carbocycles. The molecule has 2 N–H and O–H groups in total. The molecule has 0 aliphatic rings. The quantitative estimate of drug-likeness (QED) is 0.443. The molecule has 3 rings (SSSR count). The Morgan fingerprint density at radius 3 is 2.31 bits per heavy atom. The maximum atomic E-state index is 13.2. The van der Waals surface area contributed by atoms with Crippen LogP contribution in [0.15, 0.2) is 54.7 Å². The van der Waals surface area contributed by atoms with Gasteiger partial charge in [0.15, 0.2) is 0 Å². The van der Waals surface area contributed by atoms with Gasteiger partial charge in [0.05, 0.1) is 11.1 Å². The van der Waals surface area contributed by atoms with Crippen molar-refractivity contribution in [2.75, 3.05) is 0 Å². The van der Waals surface area contributed by atoms with E-state index in [0.717, 1.165) is 12.1 Å². The Morgan fingerprint density at radius 1 is 1.00 bits per heavy atom. The minimum Gasteiger partial charge on any atom is -0.508 e. The number of aromatic hydroxyl groups is 1. The monoisotopic (exact) mass is 417 g/mol. The first-order valence-corrected chi connectivity index (χ1v) is 8.44. The lowest BCUT2D eigenvalue weighted by Gasteiger charge is -2.09. The Morgan fingerprint density at radius 2 is 1.69 bits per heavy atom. The Labute approximate surface area is 168 Å². The van der Waals surface area contributed by atoms with E-state index in [1.165, 1.54) is 30.5 Å². The predicted molar refractivity (Wildman–Crippen MR) is 101 cm³/mol. The molecule has 0 aliphatic heterocycles. The highest BCUT2D eigenvalue weighted by molar-refractivity contribution is 6.29. The van der Waals surface area contributed by atoms with Crippen LogP contribution in [-0.2, 0) is 6.18 Å². The molecule has 3 aromatic rings. The number of hydrogen-bond donors (Lipinski definition) is 2. The van der Waals surface area contributed by atoms with E-state index >= 15 is 0 Å². The summed E-state index contributed by atoms with van der Waals surface area (Å²) in [5.41, 5.74) is -0.210. The molecule has 0 amide bonds. The van der Waals surface area contributed by atoms with Gasteiger partial charge < -0.3 is 10.2 Å². The first-order chi connectivity index (χ1) is 13.6. The minimum absolute atomic E-state index is 0.0129. The van der Waals surface area contributed by atoms with Crippen LogP contribution < -0.4 is 0 Å². The molecule has 0 bridgehead atoms. The lowest BCUT2D eigenvalue weighted by molar-refractivity contribution is -0.137. The van der Waals surface area contributed by atoms with E-state index in [1.54, 1.807) is 6.07 Å². The Hall–Kier alpha value is -3.50. The average Bonchev–Trinajstić information content (AvgIpc) is 2.67. The van der Waals surface area contributed by atoms with Gasteiger partial charge in [-0.05, 0) is 54.1 Å². The molecular formula is C21H11ClF3NO3. The van der Waals surface area contributed by atoms with Crippen molar-refractivity contribution in [2.24, 2.45) is 0 Å². The highest BCUT2D eigenvalue weighted by atomic mass is 35.5. The van der Waals surface area contributed by atoms with Gasteiger partial charge in [-0.2, -0.15) is 13.2 Å². The van der Waals surface area contributed by atoms with Gasteiger partial charge in [0.2, 0.25) is 0 Å². The molecule has 4 nitrogen and oxygen atoms in total. The summed E-state index contributed by atoms with van der Waals surface area (Å²) in [7, 11) is 0. The molecule has 0 unspecified atom stereocenters. The fourth-order valence-electron chi connectivity index (χ4n) is 2.57. The van der Waals surface area contributed by atoms with Crippen LogP contribution in [-0.4, -0.2) is 21.2 Å². The van der Waals surface area contributed by atoms with Crippen molar-refractivity contribution in [1.29, 1.82) is 0 Å². The van der Waals surface area contributed by atoms with Crippen molar-refractivity contribution in [1.82, 2.24) is 4.98 Å². The number of carboxylic acid groups (broad SMARTS) is 1. The summed E-state index contributed by atoms with van der Waals surface area (Å²) in [6.45, 7) is 0. The number of nitrogens with zero attached hydrogens (tertiary/aromatic N) is 1. The van der Waals surface area contributed by atoms with Crippen LogP contribution in [0.4, 0.5) is 13.2 Å². The van der Waals surface area contributed by atoms with Crippen molar-refractivity contribution >= 4 is 17.6 Å². The molecule has 1 heterocycles. The standard InChI is InChI=1S/C21H11ClF3NO3/c22-19-8-6-15(11-26-19)17-9-14(20(28)29)4-2-12(17)1-3-13-5-7-16(27)10-18(13)21(23,24)25/h2,4-11,27H,(H,28,29). The van der Waals surface area contributed by atoms with E-state index in [4.69, 9.17) is 11.6 Å². The summed E-state index contributed by atoms with van der Waals surface area (Å²) in [5, 5.41) is 18.8. The van der Waals surface area contributed by atoms with Crippen LogP contribution in [0.2, 0.25) is 5.15 Å². The number of pyridine rings is 1. The van der Waals surface area contributed by atoms with Crippen molar-refractivity contribution in [3.8, 4) is 28.7 Å². The number of aromatic carboxylic acids is 1. The molecule has 0 atom stereocenters. The highest BCUT2D eigenvalue weighted by Crippen LogP contribution is 2.34. The summed E-state index contributed by atoms with van der Waals surface area (Å²) < 4.78 is 39.6. The third-order valence-electron chi connectivity index (χ3n) is 3.95. The Bertz CT molecular complexity index is 1150. The lowest BCUT2D eigenvalue weighted by atomic mass is 9.98. The van der Waals surface area contributed by atoms with Crippen molar-refractivity contribution in [2.45, 2.75) is 6.18 Å². The van der Waals surface area contributed by atoms with E-state index in [9.17, 15) is 28.2 Å². The number of phenols is 1. The van der Waals surface area contributed by atoms with E-state index in [2.05, 4.69) is 16.8 Å². The SMILES string of the molecule is O=C(O)c1ccc(C#Cc2ccc(O)cc2C(F)(F)F)c(-c2ccc(Cl)nc2)c1. The number of aromatic nitrogens is 1. The molecule has 1 aromatic heterocycles. The van der Waals surface area contributed by atoms with Gasteiger partial charge in [0.25, 0.3) is 0 Å². The van der Waals surface area contributed by atoms with Crippen LogP contribution in [0.1, 0.15) is 27.0 Å². The average molecular weight is 418 g/mol. The molecule has 8 heteroatoms. The van der Waals surface area contributed by atoms with Crippen LogP contribution in [0.25, 0.3) is 11.1 Å². The van der Waals surface area contributed by atoms with Crippen LogP contribution >= 0.6 is 11.6 Å². The number of hydrogen-bond acceptors (Lipinski definition) is 3. The number of rotatable bonds is 2. The number of alkyl halides is 3. The van der Waals surface area contributed by atoms with Crippen LogP contribution in [0, 0.1) is 11.8 Å². The van der Waals surface area contributed by atoms with Gasteiger partial charge in [0, 0.05) is 22.9 Å². The molecule has 29 heavy (non-hydrogen) atoms. The van der Waals surface area contributed by atoms with Gasteiger partial charge >= 0.3 is 12.1 Å². The summed E-state index contributed by atoms with van der Waals surface area (Å²) in [4.78, 5) is 15.2. The summed E-state index contributed by atoms with van der Waals surface area (Å²) in [6.07, 6.45) is -3.28. The summed E-state index contributed by atoms with van der Waals surface area (Å²) in [5.74, 6) is 3.43. The molecule has 0 saturated heterocycles. The molecule has 0 fully saturated rings. The van der Waals surface area contributed by atoms with E-state index in [1.807, 2.05) is 0 Å². The minimum atomic E-state index is -4.70. The topological polar surface area (TPSA) is 70.4 Å². The van der Waals surface area contributed by atoms with E-state index in [0.29, 0.717) is 22.8 Å². The highest BCUT2D eigenvalue weighted by Gasteiger charge is 2.33. The Kier molecular flexibility index (Phi) is 5.48. The normalized spacial score (nSPS) is 10.9. The van der Waals surface area contributed by atoms with E-state index in [-0.39, 0.29) is 16.3 Å². The van der Waals surface area contributed by atoms with Gasteiger partial charge in [-0.15, -0.1) is 0 Å². The predicted octanol–water partition coefficient (Wildman–Crippen LogP) is 5.22. The number of carboxylic acids is 1. The second kappa shape index (κ2) is 7.86. The molecule has 0 saturated carbocycles. The maximum absolute atomic E-state index is 13.2. The third kappa shape index (κ3) is 4.68. The van der Waals surface area contributed by atoms with Crippen LogP contribution in [0.5, 0.6) is 5.75 Å². The molecule has 2 aromatic carbocycles. The zero-order valence-electron chi connectivity index (χ0n) is 14.5. The van der Waals surface area contributed by atoms with Gasteiger partial charge in [0.1, 0.15) is 10.9 Å². The number of halogens is 4. The second-order valence-electron chi connectivity index (χ2n) is 5.91. The summed E-state index contributed by atoms with van der Waals surface area (Å²) >= 11 is 5.77. The lowest BCUT2D eigenvalue weighted by Crippen LogP contribution is -2.07. The van der Waals surface area contributed by atoms with Crippen molar-refractivity contribution < 1.29 is 28.2 Å². The maximum Gasteiger partial charge on any atom is 0.417 e. The zero-order valence-corrected chi connectivity index (χ0v) is 15.2. The number of carbonyl (C=O) groups is 1. The van der Waals surface area contributed by atoms with Gasteiger partial charge in [-0.3, -0.25) is 0 Å². The number of benzene rings is 2. The molecule has 0 spiro atoms. The molecular weight excluding hydrogens is 407 g/mol. The molecule has 0 radical (unpaired) electrons. The van der Waals surface area contributed by atoms with E-state index < -0.39 is 23.5 Å². The zero-order chi connectivity index (χ0) is 21.2. The first kappa shape index (κ1) is 20.2. The van der Waals surface area contributed by atoms with Gasteiger partial charge in [-0.1, -0.05) is 23.4 Å². The largest absolute Gasteiger partial charge is 0.508 e. The number of phenolic OH excluding ortho intramolecular Hbond substituents is 1. The smallest absolute Gasteiger partial charge is 0.417 e. The molecule has 146 valence electrons. The third-order valence-corrected chi connectivity index (χ3v) is 4.17. The second-order valence-corrected chi connectivity index (χ2v) is 6.30. The van der Waals surface area contributed by atoms with Crippen molar-refractivity contribution in [3.05, 3.63) is 82.1 Å². The first-order valence-electron chi connectivity index (χ1n) is 8.06. The van der Waals surface area contributed by atoms with Crippen molar-refractivity contribution in [3.63, 3.8) is 0 Å². The Balaban J connectivity index is 2.15. The fraction of sp³-hybridized carbons (Fsp3) is 0.0476. The summed E-state index contributed by atoms with van der Waals surface area (Å²) in [6, 6.07) is 9.96. The van der Waals surface area contributed by atoms with Gasteiger partial charge in [-0.25, -0.2) is 9.78 Å². The fourth-order valence-corrected chi connectivity index (χ4v) is 2.68. The van der Waals surface area contributed by atoms with Crippen LogP contribution in [0.3, 0.4) is 0 Å².